The van der Waals surface area contributed by atoms with E-state index in [1.165, 1.54) is 5.56 Å². The van der Waals surface area contributed by atoms with E-state index >= 15 is 0 Å². The van der Waals surface area contributed by atoms with Gasteiger partial charge in [0.2, 0.25) is 0 Å². The van der Waals surface area contributed by atoms with E-state index in [1.54, 1.807) is 0 Å². The fourth-order valence-corrected chi connectivity index (χ4v) is 4.62. The zero-order chi connectivity index (χ0) is 19.3. The van der Waals surface area contributed by atoms with Crippen LogP contribution >= 0.6 is 0 Å². The Morgan fingerprint density at radius 2 is 1.74 bits per heavy atom. The van der Waals surface area contributed by atoms with E-state index in [-0.39, 0.29) is 11.9 Å². The third-order valence-electron chi connectivity index (χ3n) is 6.39. The van der Waals surface area contributed by atoms with Crippen LogP contribution < -0.4 is 0 Å². The van der Waals surface area contributed by atoms with Crippen molar-refractivity contribution in [3.8, 4) is 0 Å². The highest BCUT2D eigenvalue weighted by Gasteiger charge is 2.39. The molecule has 2 aliphatic heterocycles. The number of hydrogen-bond donors (Lipinski definition) is 2. The molecule has 2 saturated heterocycles. The Balaban J connectivity index is 1.57. The van der Waals surface area contributed by atoms with Gasteiger partial charge in [0.1, 0.15) is 5.69 Å². The summed E-state index contributed by atoms with van der Waals surface area (Å²) in [4.78, 5) is 23.1. The van der Waals surface area contributed by atoms with Gasteiger partial charge >= 0.3 is 0 Å². The van der Waals surface area contributed by atoms with Gasteiger partial charge < -0.3 is 19.9 Å². The molecule has 1 aromatic carbocycles. The van der Waals surface area contributed by atoms with Crippen molar-refractivity contribution in [3.05, 3.63) is 34.5 Å². The lowest BCUT2D eigenvalue weighted by Gasteiger charge is -2.37. The number of carbonyl (C=O) groups is 1. The van der Waals surface area contributed by atoms with E-state index in [0.717, 1.165) is 48.2 Å². The number of aryl methyl sites for hydroxylation is 3. The van der Waals surface area contributed by atoms with Crippen molar-refractivity contribution in [1.29, 1.82) is 0 Å². The molecule has 6 nitrogen and oxygen atoms in total. The number of benzene rings is 1. The number of rotatable bonds is 2. The zero-order valence-electron chi connectivity index (χ0n) is 16.7. The monoisotopic (exact) mass is 370 g/mol. The number of H-pyrrole nitrogens is 1. The minimum atomic E-state index is -0.481. The van der Waals surface area contributed by atoms with Gasteiger partial charge in [0, 0.05) is 50.2 Å². The molecule has 1 aromatic heterocycles. The Bertz CT molecular complexity index is 867. The Labute approximate surface area is 160 Å². The number of nitrogens with zero attached hydrogens (tertiary/aromatic N) is 3. The number of β-amino-alcohol motifs (C(OH)–C–C–N with tert-alkyl or cyclic N) is 1. The summed E-state index contributed by atoms with van der Waals surface area (Å²) < 4.78 is 0. The van der Waals surface area contributed by atoms with Crippen molar-refractivity contribution in [1.82, 2.24) is 19.7 Å². The van der Waals surface area contributed by atoms with Crippen LogP contribution in [0.2, 0.25) is 0 Å². The predicted octanol–water partition coefficient (Wildman–Crippen LogP) is 1.53. The molecule has 2 fully saturated rings. The zero-order valence-corrected chi connectivity index (χ0v) is 16.7. The van der Waals surface area contributed by atoms with Crippen LogP contribution in [0.3, 0.4) is 0 Å². The van der Waals surface area contributed by atoms with Gasteiger partial charge in [-0.2, -0.15) is 0 Å². The van der Waals surface area contributed by atoms with Gasteiger partial charge in [-0.3, -0.25) is 9.69 Å². The maximum atomic E-state index is 13.2. The van der Waals surface area contributed by atoms with Crippen LogP contribution in [0.15, 0.2) is 12.1 Å². The molecule has 2 N–H and O–H groups in total. The van der Waals surface area contributed by atoms with Crippen molar-refractivity contribution in [2.75, 3.05) is 46.3 Å². The molecule has 0 unspecified atom stereocenters. The number of likely N-dealkylation sites (N-methyl/N-ethyl adjacent to an activating group) is 1. The summed E-state index contributed by atoms with van der Waals surface area (Å²) in [5.74, 6) is -0.00169. The number of nitrogens with one attached hydrogen (secondary N) is 1. The summed E-state index contributed by atoms with van der Waals surface area (Å²) in [5, 5.41) is 11.8. The maximum absolute atomic E-state index is 13.2. The van der Waals surface area contributed by atoms with Crippen LogP contribution in [0.5, 0.6) is 0 Å². The van der Waals surface area contributed by atoms with Crippen molar-refractivity contribution in [3.63, 3.8) is 0 Å². The van der Waals surface area contributed by atoms with Crippen molar-refractivity contribution in [2.45, 2.75) is 32.9 Å². The van der Waals surface area contributed by atoms with Gasteiger partial charge in [-0.05, 0) is 44.5 Å². The topological polar surface area (TPSA) is 62.8 Å². The molecular formula is C21H30N4O2. The standard InChI is InChI=1S/C21H30N4O2/c1-13-5-6-14(2)19-18(13)15(3)20(22-19)21(27)25-11-16(17(26)12-25)24-9-7-23(4)8-10-24/h5-6,16-17,22,26H,7-12H2,1-4H3/t16-,17-/m0/s1. The van der Waals surface area contributed by atoms with Gasteiger partial charge in [0.05, 0.1) is 12.1 Å². The molecule has 2 aliphatic rings. The number of fused-ring (bicyclic) bond motifs is 1. The van der Waals surface area contributed by atoms with Crippen LogP contribution in [-0.2, 0) is 0 Å². The summed E-state index contributed by atoms with van der Waals surface area (Å²) in [7, 11) is 2.13. The molecule has 27 heavy (non-hydrogen) atoms. The van der Waals surface area contributed by atoms with Gasteiger partial charge in [0.25, 0.3) is 5.91 Å². The highest BCUT2D eigenvalue weighted by Crippen LogP contribution is 2.29. The van der Waals surface area contributed by atoms with Gasteiger partial charge in [-0.1, -0.05) is 12.1 Å². The molecule has 6 heteroatoms. The largest absolute Gasteiger partial charge is 0.390 e. The van der Waals surface area contributed by atoms with Crippen LogP contribution in [-0.4, -0.2) is 89.2 Å². The highest BCUT2D eigenvalue weighted by atomic mass is 16.3. The quantitative estimate of drug-likeness (QED) is 0.842. The van der Waals surface area contributed by atoms with E-state index in [9.17, 15) is 9.90 Å². The number of aliphatic hydroxyl groups is 1. The van der Waals surface area contributed by atoms with Crippen LogP contribution in [0.25, 0.3) is 10.9 Å². The Hall–Kier alpha value is -1.89. The summed E-state index contributed by atoms with van der Waals surface area (Å²) in [5.41, 5.74) is 5.04. The first-order valence-corrected chi connectivity index (χ1v) is 9.85. The lowest BCUT2D eigenvalue weighted by atomic mass is 10.0. The van der Waals surface area contributed by atoms with Crippen LogP contribution in [0.1, 0.15) is 27.2 Å². The van der Waals surface area contributed by atoms with E-state index < -0.39 is 6.10 Å². The van der Waals surface area contributed by atoms with Gasteiger partial charge in [-0.15, -0.1) is 0 Å². The summed E-state index contributed by atoms with van der Waals surface area (Å²) >= 11 is 0. The van der Waals surface area contributed by atoms with E-state index in [1.807, 2.05) is 11.8 Å². The molecule has 0 spiro atoms. The molecule has 0 bridgehead atoms. The highest BCUT2D eigenvalue weighted by molar-refractivity contribution is 6.02. The third kappa shape index (κ3) is 3.16. The van der Waals surface area contributed by atoms with Crippen molar-refractivity contribution >= 4 is 16.8 Å². The molecule has 1 amide bonds. The third-order valence-corrected chi connectivity index (χ3v) is 6.39. The molecule has 3 heterocycles. The molecule has 0 radical (unpaired) electrons. The normalized spacial score (nSPS) is 24.9. The number of amides is 1. The number of piperazine rings is 1. The second-order valence-electron chi connectivity index (χ2n) is 8.26. The number of hydrogen-bond acceptors (Lipinski definition) is 4. The van der Waals surface area contributed by atoms with Gasteiger partial charge in [0.15, 0.2) is 0 Å². The lowest BCUT2D eigenvalue weighted by molar-refractivity contribution is 0.0512. The van der Waals surface area contributed by atoms with Crippen LogP contribution in [0.4, 0.5) is 0 Å². The Morgan fingerprint density at radius 3 is 2.41 bits per heavy atom. The first kappa shape index (κ1) is 18.5. The van der Waals surface area contributed by atoms with Crippen molar-refractivity contribution in [2.24, 2.45) is 0 Å². The number of aromatic amines is 1. The van der Waals surface area contributed by atoms with Crippen LogP contribution in [0, 0.1) is 20.8 Å². The van der Waals surface area contributed by atoms with E-state index in [4.69, 9.17) is 0 Å². The molecule has 2 atom stereocenters. The van der Waals surface area contributed by atoms with E-state index in [0.29, 0.717) is 18.8 Å². The number of aliphatic hydroxyl groups excluding tert-OH is 1. The number of aromatic nitrogens is 1. The SMILES string of the molecule is Cc1ccc(C)c2c(C)c(C(=O)N3C[C@H](O)[C@@H](N4CCN(C)CC4)C3)[nH]c12. The summed E-state index contributed by atoms with van der Waals surface area (Å²) in [6.07, 6.45) is -0.481. The minimum absolute atomic E-state index is 0.00169. The predicted molar refractivity (Wildman–Crippen MR) is 107 cm³/mol. The molecule has 0 saturated carbocycles. The van der Waals surface area contributed by atoms with Gasteiger partial charge in [-0.25, -0.2) is 0 Å². The fraction of sp³-hybridized carbons (Fsp3) is 0.571. The smallest absolute Gasteiger partial charge is 0.270 e. The molecular weight excluding hydrogens is 340 g/mol. The second-order valence-corrected chi connectivity index (χ2v) is 8.26. The number of carbonyl (C=O) groups excluding carboxylic acids is 1. The maximum Gasteiger partial charge on any atom is 0.270 e. The Kier molecular flexibility index (Phi) is 4.74. The summed E-state index contributed by atoms with van der Waals surface area (Å²) in [6, 6.07) is 4.23. The fourth-order valence-electron chi connectivity index (χ4n) is 4.62. The first-order valence-electron chi connectivity index (χ1n) is 9.85. The van der Waals surface area contributed by atoms with Crippen molar-refractivity contribution < 1.29 is 9.90 Å². The minimum Gasteiger partial charge on any atom is -0.390 e. The van der Waals surface area contributed by atoms with E-state index in [2.05, 4.69) is 47.8 Å². The molecule has 146 valence electrons. The molecule has 2 aromatic rings. The second kappa shape index (κ2) is 6.93. The molecule has 0 aliphatic carbocycles. The average Bonchev–Trinajstić information content (AvgIpc) is 3.20. The number of likely N-dealkylation sites (tertiary alicyclic amines) is 1. The first-order chi connectivity index (χ1) is 12.9. The summed E-state index contributed by atoms with van der Waals surface area (Å²) in [6.45, 7) is 11.1. The molecule has 4 rings (SSSR count). The lowest BCUT2D eigenvalue weighted by Crippen LogP contribution is -2.52. The Morgan fingerprint density at radius 1 is 1.07 bits per heavy atom. The average molecular weight is 370 g/mol.